The number of carbonyl (C=O) groups excluding carboxylic acids is 1. The highest BCUT2D eigenvalue weighted by molar-refractivity contribution is 5.92. The van der Waals surface area contributed by atoms with Gasteiger partial charge in [0.25, 0.3) is 0 Å². The summed E-state index contributed by atoms with van der Waals surface area (Å²) in [6, 6.07) is 5.78. The topological polar surface area (TPSA) is 85.8 Å². The average Bonchev–Trinajstić information content (AvgIpc) is 3.33. The lowest BCUT2D eigenvalue weighted by molar-refractivity contribution is -0.119. The third-order valence-electron chi connectivity index (χ3n) is 4.67. The van der Waals surface area contributed by atoms with Crippen LogP contribution in [-0.2, 0) is 17.8 Å². The van der Waals surface area contributed by atoms with Crippen LogP contribution in [0.4, 0.5) is 11.6 Å². The van der Waals surface area contributed by atoms with Gasteiger partial charge in [-0.3, -0.25) is 9.48 Å². The number of rotatable bonds is 5. The van der Waals surface area contributed by atoms with Crippen molar-refractivity contribution >= 4 is 17.5 Å². The molecule has 6 nitrogen and oxygen atoms in total. The van der Waals surface area contributed by atoms with Crippen molar-refractivity contribution in [2.75, 3.05) is 11.1 Å². The van der Waals surface area contributed by atoms with E-state index in [1.165, 1.54) is 0 Å². The molecule has 1 aliphatic rings. The minimum atomic E-state index is 0.0546. The molecule has 0 aromatic carbocycles. The highest BCUT2D eigenvalue weighted by Crippen LogP contribution is 2.29. The minimum absolute atomic E-state index is 0.0546. The van der Waals surface area contributed by atoms with Gasteiger partial charge >= 0.3 is 0 Å². The summed E-state index contributed by atoms with van der Waals surface area (Å²) in [6.07, 6.45) is 5.08. The number of amides is 1. The van der Waals surface area contributed by atoms with Gasteiger partial charge in [0.1, 0.15) is 11.6 Å². The highest BCUT2D eigenvalue weighted by Gasteiger charge is 2.23. The van der Waals surface area contributed by atoms with Gasteiger partial charge in [-0.2, -0.15) is 5.10 Å². The van der Waals surface area contributed by atoms with E-state index < -0.39 is 0 Å². The van der Waals surface area contributed by atoms with E-state index in [1.54, 1.807) is 0 Å². The summed E-state index contributed by atoms with van der Waals surface area (Å²) in [6.45, 7) is 8.90. The van der Waals surface area contributed by atoms with Crippen molar-refractivity contribution in [3.05, 3.63) is 23.9 Å². The van der Waals surface area contributed by atoms with Crippen molar-refractivity contribution in [3.8, 4) is 11.3 Å². The zero-order valence-electron chi connectivity index (χ0n) is 16.4. The number of aromatic nitrogens is 3. The molecule has 0 atom stereocenters. The number of pyridine rings is 1. The quantitative estimate of drug-likeness (QED) is 0.837. The average molecular weight is 358 g/mol. The first-order valence-corrected chi connectivity index (χ1v) is 9.76. The number of hydrogen-bond acceptors (Lipinski definition) is 4. The van der Waals surface area contributed by atoms with E-state index in [-0.39, 0.29) is 11.8 Å². The number of nitrogens with one attached hydrogen (secondary N) is 1. The fourth-order valence-corrected chi connectivity index (χ4v) is 3.28. The first-order valence-electron chi connectivity index (χ1n) is 9.76. The van der Waals surface area contributed by atoms with Crippen LogP contribution < -0.4 is 11.1 Å². The minimum Gasteiger partial charge on any atom is -0.383 e. The van der Waals surface area contributed by atoms with Crippen LogP contribution in [0, 0.1) is 5.92 Å². The first kappa shape index (κ1) is 19.9. The highest BCUT2D eigenvalue weighted by atomic mass is 16.1. The number of nitrogens with two attached hydrogens (primary N) is 1. The monoisotopic (exact) mass is 357 g/mol. The fourth-order valence-electron chi connectivity index (χ4n) is 3.28. The number of anilines is 2. The maximum atomic E-state index is 12.2. The molecule has 3 rings (SSSR count). The van der Waals surface area contributed by atoms with E-state index in [9.17, 15) is 4.79 Å². The third-order valence-corrected chi connectivity index (χ3v) is 4.67. The first-order chi connectivity index (χ1) is 12.6. The molecule has 2 aromatic rings. The zero-order valence-corrected chi connectivity index (χ0v) is 16.4. The van der Waals surface area contributed by atoms with Gasteiger partial charge in [-0.25, -0.2) is 4.98 Å². The Kier molecular flexibility index (Phi) is 7.18. The largest absolute Gasteiger partial charge is 0.383 e. The Morgan fingerprint density at radius 3 is 2.54 bits per heavy atom. The molecule has 26 heavy (non-hydrogen) atoms. The van der Waals surface area contributed by atoms with Gasteiger partial charge in [-0.05, 0) is 44.4 Å². The second-order valence-electron chi connectivity index (χ2n) is 6.29. The number of carbonyl (C=O) groups is 1. The second kappa shape index (κ2) is 9.36. The molecule has 0 aliphatic heterocycles. The van der Waals surface area contributed by atoms with Gasteiger partial charge in [-0.1, -0.05) is 33.6 Å². The molecule has 6 heteroatoms. The van der Waals surface area contributed by atoms with Crippen LogP contribution in [0.5, 0.6) is 0 Å². The van der Waals surface area contributed by atoms with Gasteiger partial charge in [0.05, 0.1) is 11.4 Å². The van der Waals surface area contributed by atoms with Crippen molar-refractivity contribution in [2.24, 2.45) is 5.92 Å². The van der Waals surface area contributed by atoms with Crippen molar-refractivity contribution in [1.29, 1.82) is 0 Å². The summed E-state index contributed by atoms with van der Waals surface area (Å²) in [5.74, 6) is 1.10. The Labute approximate surface area is 156 Å². The standard InChI is InChI=1S/C18H25N5O.C2H6/c1-3-13-11-15(23(4-2)22-13)14-9-10-16(20-17(14)19)21-18(24)12-7-5-6-8-12;1-2/h9-12H,3-8H2,1-2H3,(H3,19,20,21,24);1-2H3. The molecule has 3 N–H and O–H groups in total. The number of nitrogens with zero attached hydrogens (tertiary/aromatic N) is 3. The van der Waals surface area contributed by atoms with Crippen LogP contribution in [0.25, 0.3) is 11.3 Å². The Hall–Kier alpha value is -2.37. The van der Waals surface area contributed by atoms with Gasteiger partial charge in [0, 0.05) is 18.0 Å². The lowest BCUT2D eigenvalue weighted by atomic mass is 10.1. The summed E-state index contributed by atoms with van der Waals surface area (Å²) < 4.78 is 1.93. The second-order valence-corrected chi connectivity index (χ2v) is 6.29. The van der Waals surface area contributed by atoms with Crippen LogP contribution >= 0.6 is 0 Å². The smallest absolute Gasteiger partial charge is 0.228 e. The number of aryl methyl sites for hydroxylation is 2. The van der Waals surface area contributed by atoms with E-state index in [4.69, 9.17) is 5.73 Å². The summed E-state index contributed by atoms with van der Waals surface area (Å²) in [5.41, 5.74) is 9.00. The predicted molar refractivity (Wildman–Crippen MR) is 107 cm³/mol. The summed E-state index contributed by atoms with van der Waals surface area (Å²) >= 11 is 0. The lowest BCUT2D eigenvalue weighted by Gasteiger charge is -2.12. The molecular weight excluding hydrogens is 326 g/mol. The molecule has 1 saturated carbocycles. The molecule has 142 valence electrons. The van der Waals surface area contributed by atoms with E-state index in [0.717, 1.165) is 55.6 Å². The van der Waals surface area contributed by atoms with Crippen LogP contribution in [0.1, 0.15) is 59.1 Å². The van der Waals surface area contributed by atoms with Crippen LogP contribution in [-0.4, -0.2) is 20.7 Å². The third kappa shape index (κ3) is 4.42. The fraction of sp³-hybridized carbons (Fsp3) is 0.550. The van der Waals surface area contributed by atoms with E-state index in [2.05, 4.69) is 29.2 Å². The molecule has 2 heterocycles. The normalized spacial score (nSPS) is 14.0. The van der Waals surface area contributed by atoms with Gasteiger partial charge in [0.2, 0.25) is 5.91 Å². The summed E-state index contributed by atoms with van der Waals surface area (Å²) in [5, 5.41) is 7.45. The molecule has 1 aliphatic carbocycles. The zero-order chi connectivity index (χ0) is 19.1. The van der Waals surface area contributed by atoms with Crippen molar-refractivity contribution in [1.82, 2.24) is 14.8 Å². The van der Waals surface area contributed by atoms with E-state index >= 15 is 0 Å². The molecule has 1 amide bonds. The molecule has 0 radical (unpaired) electrons. The Bertz CT molecular complexity index is 732. The SMILES string of the molecule is CC.CCc1cc(-c2ccc(NC(=O)C3CCCC3)nc2N)n(CC)n1. The Morgan fingerprint density at radius 1 is 1.27 bits per heavy atom. The molecule has 0 spiro atoms. The maximum absolute atomic E-state index is 12.2. The van der Waals surface area contributed by atoms with Crippen molar-refractivity contribution in [2.45, 2.75) is 66.3 Å². The maximum Gasteiger partial charge on any atom is 0.228 e. The molecule has 1 fully saturated rings. The van der Waals surface area contributed by atoms with Gasteiger partial charge in [-0.15, -0.1) is 0 Å². The van der Waals surface area contributed by atoms with Gasteiger partial charge in [0.15, 0.2) is 0 Å². The molecule has 2 aromatic heterocycles. The number of hydrogen-bond donors (Lipinski definition) is 2. The predicted octanol–water partition coefficient (Wildman–Crippen LogP) is 4.26. The Balaban J connectivity index is 0.00000117. The summed E-state index contributed by atoms with van der Waals surface area (Å²) in [4.78, 5) is 16.6. The lowest BCUT2D eigenvalue weighted by Crippen LogP contribution is -2.21. The van der Waals surface area contributed by atoms with Crippen LogP contribution in [0.15, 0.2) is 18.2 Å². The van der Waals surface area contributed by atoms with E-state index in [1.807, 2.05) is 36.7 Å². The molecule has 0 saturated heterocycles. The van der Waals surface area contributed by atoms with E-state index in [0.29, 0.717) is 11.6 Å². The van der Waals surface area contributed by atoms with Crippen molar-refractivity contribution < 1.29 is 4.79 Å². The molecular formula is C20H31N5O. The number of nitrogen functional groups attached to an aromatic ring is 1. The molecule has 0 unspecified atom stereocenters. The van der Waals surface area contributed by atoms with Crippen molar-refractivity contribution in [3.63, 3.8) is 0 Å². The van der Waals surface area contributed by atoms with Crippen LogP contribution in [0.3, 0.4) is 0 Å². The Morgan fingerprint density at radius 2 is 1.96 bits per heavy atom. The van der Waals surface area contributed by atoms with Crippen LogP contribution in [0.2, 0.25) is 0 Å². The van der Waals surface area contributed by atoms with Gasteiger partial charge < -0.3 is 11.1 Å². The summed E-state index contributed by atoms with van der Waals surface area (Å²) in [7, 11) is 0. The molecule has 0 bridgehead atoms.